The van der Waals surface area contributed by atoms with Crippen LogP contribution in [-0.2, 0) is 9.53 Å². The lowest BCUT2D eigenvalue weighted by molar-refractivity contribution is -0.131. The summed E-state index contributed by atoms with van der Waals surface area (Å²) in [5.41, 5.74) is 1.06. The van der Waals surface area contributed by atoms with Crippen LogP contribution in [-0.4, -0.2) is 41.6 Å². The van der Waals surface area contributed by atoms with E-state index < -0.39 is 6.10 Å². The molecule has 1 aromatic carbocycles. The summed E-state index contributed by atoms with van der Waals surface area (Å²) in [5, 5.41) is 12.2. The second kappa shape index (κ2) is 6.56. The number of hydrogen-bond donors (Lipinski definition) is 1. The van der Waals surface area contributed by atoms with E-state index in [1.807, 2.05) is 36.5 Å². The molecule has 1 N–H and O–H groups in total. The molecular formula is C15H14N4O2S. The molecule has 2 aromatic rings. The zero-order chi connectivity index (χ0) is 15.4. The quantitative estimate of drug-likeness (QED) is 0.876. The van der Waals surface area contributed by atoms with Gasteiger partial charge in [0.05, 0.1) is 24.6 Å². The first-order valence-electron chi connectivity index (χ1n) is 6.84. The van der Waals surface area contributed by atoms with Crippen LogP contribution in [0.15, 0.2) is 36.5 Å². The Bertz CT molecular complexity index is 695. The third-order valence-electron chi connectivity index (χ3n) is 3.29. The number of aromatic nitrogens is 1. The molecule has 1 fully saturated rings. The Morgan fingerprint density at radius 1 is 1.45 bits per heavy atom. The Kier molecular flexibility index (Phi) is 4.32. The summed E-state index contributed by atoms with van der Waals surface area (Å²) in [4.78, 5) is 18.9. The fourth-order valence-electron chi connectivity index (χ4n) is 2.15. The van der Waals surface area contributed by atoms with Gasteiger partial charge in [0.25, 0.3) is 5.91 Å². The van der Waals surface area contributed by atoms with Crippen molar-refractivity contribution in [3.8, 4) is 16.6 Å². The van der Waals surface area contributed by atoms with Crippen molar-refractivity contribution in [1.82, 2.24) is 9.88 Å². The van der Waals surface area contributed by atoms with Crippen molar-refractivity contribution in [1.29, 1.82) is 5.26 Å². The summed E-state index contributed by atoms with van der Waals surface area (Å²) in [6.07, 6.45) is 3.13. The second-order valence-corrected chi connectivity index (χ2v) is 5.82. The van der Waals surface area contributed by atoms with Crippen molar-refractivity contribution < 1.29 is 9.53 Å². The SMILES string of the molecule is N#CN1CCO[C@@H](C(=O)Nc2ncc(-c3ccccc3)s2)C1. The van der Waals surface area contributed by atoms with Crippen molar-refractivity contribution in [3.05, 3.63) is 36.5 Å². The van der Waals surface area contributed by atoms with Gasteiger partial charge in [-0.1, -0.05) is 41.7 Å². The van der Waals surface area contributed by atoms with Gasteiger partial charge in [0.15, 0.2) is 17.4 Å². The lowest BCUT2D eigenvalue weighted by atomic mass is 10.2. The molecule has 0 bridgehead atoms. The van der Waals surface area contributed by atoms with Gasteiger partial charge in [0.2, 0.25) is 0 Å². The van der Waals surface area contributed by atoms with Crippen LogP contribution in [0.3, 0.4) is 0 Å². The lowest BCUT2D eigenvalue weighted by Crippen LogP contribution is -2.46. The predicted molar refractivity (Wildman–Crippen MR) is 83.1 cm³/mol. The summed E-state index contributed by atoms with van der Waals surface area (Å²) in [5.74, 6) is -0.270. The molecule has 1 amide bonds. The fourth-order valence-corrected chi connectivity index (χ4v) is 2.98. The van der Waals surface area contributed by atoms with Crippen LogP contribution in [0.4, 0.5) is 5.13 Å². The number of anilines is 1. The first-order chi connectivity index (χ1) is 10.8. The minimum atomic E-state index is -0.641. The number of amides is 1. The summed E-state index contributed by atoms with van der Waals surface area (Å²) < 4.78 is 5.41. The number of carbonyl (C=O) groups is 1. The van der Waals surface area contributed by atoms with E-state index in [1.54, 1.807) is 6.20 Å². The Morgan fingerprint density at radius 3 is 3.05 bits per heavy atom. The van der Waals surface area contributed by atoms with Crippen LogP contribution in [0, 0.1) is 11.5 Å². The Balaban J connectivity index is 1.65. The third-order valence-corrected chi connectivity index (χ3v) is 4.26. The van der Waals surface area contributed by atoms with E-state index in [1.165, 1.54) is 16.2 Å². The number of nitrogens with zero attached hydrogens (tertiary/aromatic N) is 3. The van der Waals surface area contributed by atoms with Crippen LogP contribution >= 0.6 is 11.3 Å². The Hall–Kier alpha value is -2.43. The molecule has 112 valence electrons. The van der Waals surface area contributed by atoms with E-state index >= 15 is 0 Å². The van der Waals surface area contributed by atoms with Gasteiger partial charge in [-0.3, -0.25) is 10.1 Å². The van der Waals surface area contributed by atoms with Gasteiger partial charge < -0.3 is 9.64 Å². The molecule has 22 heavy (non-hydrogen) atoms. The molecule has 7 heteroatoms. The highest BCUT2D eigenvalue weighted by molar-refractivity contribution is 7.19. The zero-order valence-electron chi connectivity index (χ0n) is 11.7. The maximum Gasteiger partial charge on any atom is 0.257 e. The van der Waals surface area contributed by atoms with E-state index in [0.29, 0.717) is 18.3 Å². The summed E-state index contributed by atoms with van der Waals surface area (Å²) in [6, 6.07) is 9.86. The number of benzene rings is 1. The highest BCUT2D eigenvalue weighted by Gasteiger charge is 2.26. The molecule has 1 saturated heterocycles. The van der Waals surface area contributed by atoms with Gasteiger partial charge in [-0.25, -0.2) is 4.98 Å². The minimum absolute atomic E-state index is 0.270. The summed E-state index contributed by atoms with van der Waals surface area (Å²) >= 11 is 1.41. The average molecular weight is 314 g/mol. The number of hydrogen-bond acceptors (Lipinski definition) is 6. The molecule has 0 aliphatic carbocycles. The molecule has 3 rings (SSSR count). The molecule has 0 spiro atoms. The molecule has 0 saturated carbocycles. The maximum atomic E-state index is 12.2. The molecule has 1 aliphatic heterocycles. The number of ether oxygens (including phenoxy) is 1. The smallest absolute Gasteiger partial charge is 0.257 e. The van der Waals surface area contributed by atoms with Crippen LogP contribution < -0.4 is 5.32 Å². The van der Waals surface area contributed by atoms with Crippen LogP contribution in [0.1, 0.15) is 0 Å². The number of nitriles is 1. The topological polar surface area (TPSA) is 78.2 Å². The van der Waals surface area contributed by atoms with Gasteiger partial charge >= 0.3 is 0 Å². The fraction of sp³-hybridized carbons (Fsp3) is 0.267. The monoisotopic (exact) mass is 314 g/mol. The highest BCUT2D eigenvalue weighted by Crippen LogP contribution is 2.28. The lowest BCUT2D eigenvalue weighted by Gasteiger charge is -2.27. The number of rotatable bonds is 3. The molecule has 1 aliphatic rings. The molecule has 1 aromatic heterocycles. The van der Waals surface area contributed by atoms with Gasteiger partial charge in [-0.05, 0) is 5.56 Å². The Labute approximate surface area is 132 Å². The average Bonchev–Trinajstić information content (AvgIpc) is 3.04. The molecule has 6 nitrogen and oxygen atoms in total. The van der Waals surface area contributed by atoms with Crippen LogP contribution in [0.5, 0.6) is 0 Å². The zero-order valence-corrected chi connectivity index (χ0v) is 12.5. The molecular weight excluding hydrogens is 300 g/mol. The molecule has 0 radical (unpaired) electrons. The first-order valence-corrected chi connectivity index (χ1v) is 7.66. The van der Waals surface area contributed by atoms with Crippen molar-refractivity contribution in [2.24, 2.45) is 0 Å². The van der Waals surface area contributed by atoms with Gasteiger partial charge in [-0.2, -0.15) is 5.26 Å². The number of morpholine rings is 1. The van der Waals surface area contributed by atoms with E-state index in [2.05, 4.69) is 10.3 Å². The van der Waals surface area contributed by atoms with Crippen molar-refractivity contribution in [3.63, 3.8) is 0 Å². The third kappa shape index (κ3) is 3.24. The van der Waals surface area contributed by atoms with Crippen molar-refractivity contribution in [2.75, 3.05) is 25.0 Å². The van der Waals surface area contributed by atoms with Crippen LogP contribution in [0.2, 0.25) is 0 Å². The second-order valence-electron chi connectivity index (χ2n) is 4.79. The number of nitrogens with one attached hydrogen (secondary N) is 1. The maximum absolute atomic E-state index is 12.2. The normalized spacial score (nSPS) is 17.8. The first kappa shape index (κ1) is 14.5. The predicted octanol–water partition coefficient (Wildman–Crippen LogP) is 1.93. The summed E-state index contributed by atoms with van der Waals surface area (Å²) in [6.45, 7) is 1.17. The minimum Gasteiger partial charge on any atom is -0.365 e. The van der Waals surface area contributed by atoms with Crippen molar-refractivity contribution >= 4 is 22.4 Å². The molecule has 2 heterocycles. The van der Waals surface area contributed by atoms with Gasteiger partial charge in [-0.15, -0.1) is 0 Å². The summed E-state index contributed by atoms with van der Waals surface area (Å²) in [7, 11) is 0. The van der Waals surface area contributed by atoms with E-state index in [9.17, 15) is 4.79 Å². The number of thiazole rings is 1. The van der Waals surface area contributed by atoms with E-state index in [-0.39, 0.29) is 12.5 Å². The molecule has 1 atom stereocenters. The van der Waals surface area contributed by atoms with Gasteiger partial charge in [0.1, 0.15) is 0 Å². The van der Waals surface area contributed by atoms with E-state index in [0.717, 1.165) is 10.4 Å². The number of carbonyl (C=O) groups excluding carboxylic acids is 1. The van der Waals surface area contributed by atoms with Crippen LogP contribution in [0.25, 0.3) is 10.4 Å². The highest BCUT2D eigenvalue weighted by atomic mass is 32.1. The van der Waals surface area contributed by atoms with Crippen molar-refractivity contribution in [2.45, 2.75) is 6.10 Å². The van der Waals surface area contributed by atoms with E-state index in [4.69, 9.17) is 10.00 Å². The largest absolute Gasteiger partial charge is 0.365 e. The Morgan fingerprint density at radius 2 is 2.27 bits per heavy atom. The standard InChI is InChI=1S/C15H14N4O2S/c16-10-19-6-7-21-12(9-19)14(20)18-15-17-8-13(22-15)11-4-2-1-3-5-11/h1-5,8,12H,6-7,9H2,(H,17,18,20)/t12-/m1/s1. The van der Waals surface area contributed by atoms with Gasteiger partial charge in [0, 0.05) is 6.20 Å². The molecule has 0 unspecified atom stereocenters.